The van der Waals surface area contributed by atoms with Crippen LogP contribution in [0.1, 0.15) is 28.3 Å². The van der Waals surface area contributed by atoms with Crippen molar-refractivity contribution in [3.8, 4) is 0 Å². The number of anilines is 3. The highest BCUT2D eigenvalue weighted by molar-refractivity contribution is 5.88. The number of pyridine rings is 1. The van der Waals surface area contributed by atoms with Crippen molar-refractivity contribution < 1.29 is 22.7 Å². The third-order valence-corrected chi connectivity index (χ3v) is 6.14. The van der Waals surface area contributed by atoms with Crippen LogP contribution in [0.2, 0.25) is 0 Å². The molecule has 1 fully saturated rings. The number of rotatable bonds is 5. The molecule has 2 aromatic carbocycles. The molecule has 180 valence electrons. The lowest BCUT2D eigenvalue weighted by molar-refractivity contribution is -0.137. The summed E-state index contributed by atoms with van der Waals surface area (Å²) < 4.78 is 45.3. The van der Waals surface area contributed by atoms with Crippen molar-refractivity contribution in [3.63, 3.8) is 0 Å². The van der Waals surface area contributed by atoms with Crippen LogP contribution in [0.4, 0.5) is 30.4 Å². The molecule has 0 amide bonds. The maximum atomic E-state index is 13.3. The molecule has 2 aliphatic rings. The van der Waals surface area contributed by atoms with E-state index in [4.69, 9.17) is 4.74 Å². The van der Waals surface area contributed by atoms with Crippen molar-refractivity contribution in [2.24, 2.45) is 0 Å². The zero-order valence-electron chi connectivity index (χ0n) is 18.7. The normalized spacial score (nSPS) is 17.7. The van der Waals surface area contributed by atoms with Gasteiger partial charge in [0.05, 0.1) is 18.8 Å². The van der Waals surface area contributed by atoms with Crippen LogP contribution < -0.4 is 15.5 Å². The molecule has 1 aromatic heterocycles. The fourth-order valence-electron chi connectivity index (χ4n) is 4.38. The van der Waals surface area contributed by atoms with Crippen molar-refractivity contribution in [1.82, 2.24) is 10.3 Å². The number of fused-ring (bicyclic) bond motifs is 1. The zero-order chi connectivity index (χ0) is 24.4. The second kappa shape index (κ2) is 9.42. The summed E-state index contributed by atoms with van der Waals surface area (Å²) in [4.78, 5) is 18.5. The minimum atomic E-state index is -4.45. The SMILES string of the molecule is O=CC1NC=C(c2cccc(C(F)(F)F)c2)c2ccnc(Nc3ccc(N4CCOCC4)cc3)c21. The molecular weight excluding hydrogens is 457 g/mol. The maximum Gasteiger partial charge on any atom is 0.416 e. The third-order valence-electron chi connectivity index (χ3n) is 6.14. The zero-order valence-corrected chi connectivity index (χ0v) is 18.7. The van der Waals surface area contributed by atoms with Crippen LogP contribution in [0.15, 0.2) is 67.0 Å². The molecule has 0 bridgehead atoms. The van der Waals surface area contributed by atoms with E-state index in [1.807, 2.05) is 24.3 Å². The van der Waals surface area contributed by atoms with Crippen molar-refractivity contribution >= 4 is 29.1 Å². The minimum Gasteiger partial charge on any atom is -0.378 e. The average molecular weight is 480 g/mol. The number of benzene rings is 2. The van der Waals surface area contributed by atoms with Gasteiger partial charge in [-0.2, -0.15) is 13.2 Å². The fourth-order valence-corrected chi connectivity index (χ4v) is 4.38. The molecule has 2 aliphatic heterocycles. The molecule has 9 heteroatoms. The number of ether oxygens (including phenoxy) is 1. The van der Waals surface area contributed by atoms with Gasteiger partial charge in [-0.15, -0.1) is 0 Å². The Bertz CT molecular complexity index is 1250. The fraction of sp³-hybridized carbons (Fsp3) is 0.231. The molecule has 3 aromatic rings. The Morgan fingerprint density at radius 2 is 1.86 bits per heavy atom. The third kappa shape index (κ3) is 4.72. The first-order chi connectivity index (χ1) is 16.9. The lowest BCUT2D eigenvalue weighted by atomic mass is 9.89. The topological polar surface area (TPSA) is 66.5 Å². The summed E-state index contributed by atoms with van der Waals surface area (Å²) in [6.45, 7) is 3.06. The number of alkyl halides is 3. The molecule has 2 N–H and O–H groups in total. The molecule has 6 nitrogen and oxygen atoms in total. The predicted octanol–water partition coefficient (Wildman–Crippen LogP) is 4.91. The van der Waals surface area contributed by atoms with E-state index in [1.54, 1.807) is 24.5 Å². The van der Waals surface area contributed by atoms with Crippen LogP contribution in [-0.2, 0) is 15.7 Å². The molecule has 0 aliphatic carbocycles. The predicted molar refractivity (Wildman–Crippen MR) is 127 cm³/mol. The van der Waals surface area contributed by atoms with Gasteiger partial charge in [-0.05, 0) is 53.6 Å². The molecule has 35 heavy (non-hydrogen) atoms. The quantitative estimate of drug-likeness (QED) is 0.506. The number of morpholine rings is 1. The second-order valence-electron chi connectivity index (χ2n) is 8.31. The number of nitrogens with zero attached hydrogens (tertiary/aromatic N) is 2. The summed E-state index contributed by atoms with van der Waals surface area (Å²) in [5.74, 6) is 0.462. The first-order valence-corrected chi connectivity index (χ1v) is 11.2. The largest absolute Gasteiger partial charge is 0.416 e. The molecule has 1 unspecified atom stereocenters. The van der Waals surface area contributed by atoms with Crippen molar-refractivity contribution in [1.29, 1.82) is 0 Å². The van der Waals surface area contributed by atoms with E-state index in [9.17, 15) is 18.0 Å². The number of aromatic nitrogens is 1. The van der Waals surface area contributed by atoms with E-state index in [0.717, 1.165) is 42.9 Å². The van der Waals surface area contributed by atoms with Crippen LogP contribution >= 0.6 is 0 Å². The van der Waals surface area contributed by atoms with Gasteiger partial charge in [0, 0.05) is 48.0 Å². The molecule has 0 radical (unpaired) electrons. The number of aldehydes is 1. The summed E-state index contributed by atoms with van der Waals surface area (Å²) in [5, 5.41) is 6.27. The van der Waals surface area contributed by atoms with Gasteiger partial charge in [0.1, 0.15) is 18.1 Å². The van der Waals surface area contributed by atoms with Crippen molar-refractivity contribution in [3.05, 3.63) is 89.2 Å². The summed E-state index contributed by atoms with van der Waals surface area (Å²) in [7, 11) is 0. The van der Waals surface area contributed by atoms with E-state index in [1.165, 1.54) is 6.07 Å². The van der Waals surface area contributed by atoms with Crippen LogP contribution in [0.3, 0.4) is 0 Å². The highest BCUT2D eigenvalue weighted by atomic mass is 19.4. The summed E-state index contributed by atoms with van der Waals surface area (Å²) in [6, 6.07) is 14.0. The Labute approximate surface area is 200 Å². The number of hydrogen-bond donors (Lipinski definition) is 2. The van der Waals surface area contributed by atoms with Gasteiger partial charge in [-0.1, -0.05) is 12.1 Å². The summed E-state index contributed by atoms with van der Waals surface area (Å²) in [6.07, 6.45) is -0.534. The van der Waals surface area contributed by atoms with E-state index in [2.05, 4.69) is 20.5 Å². The van der Waals surface area contributed by atoms with Gasteiger partial charge in [0.2, 0.25) is 0 Å². The Kier molecular flexibility index (Phi) is 6.17. The van der Waals surface area contributed by atoms with E-state index >= 15 is 0 Å². The van der Waals surface area contributed by atoms with E-state index < -0.39 is 17.8 Å². The van der Waals surface area contributed by atoms with Crippen LogP contribution in [0, 0.1) is 0 Å². The van der Waals surface area contributed by atoms with E-state index in [0.29, 0.717) is 41.3 Å². The Balaban J connectivity index is 1.47. The van der Waals surface area contributed by atoms with Gasteiger partial charge in [0.15, 0.2) is 0 Å². The first kappa shape index (κ1) is 22.9. The number of carbonyl (C=O) groups is 1. The number of hydrogen-bond acceptors (Lipinski definition) is 6. The second-order valence-corrected chi connectivity index (χ2v) is 8.31. The first-order valence-electron chi connectivity index (χ1n) is 11.2. The van der Waals surface area contributed by atoms with Crippen molar-refractivity contribution in [2.45, 2.75) is 12.2 Å². The van der Waals surface area contributed by atoms with Gasteiger partial charge in [-0.25, -0.2) is 4.98 Å². The molecule has 3 heterocycles. The number of nitrogens with one attached hydrogen (secondary N) is 2. The maximum absolute atomic E-state index is 13.3. The molecule has 1 atom stereocenters. The van der Waals surface area contributed by atoms with Gasteiger partial charge in [0.25, 0.3) is 0 Å². The molecular formula is C26H23F3N4O2. The van der Waals surface area contributed by atoms with E-state index in [-0.39, 0.29) is 0 Å². The van der Waals surface area contributed by atoms with Gasteiger partial charge in [-0.3, -0.25) is 0 Å². The Hall–Kier alpha value is -3.85. The molecule has 5 rings (SSSR count). The number of halogens is 3. The van der Waals surface area contributed by atoms with Gasteiger partial charge < -0.3 is 25.1 Å². The average Bonchev–Trinajstić information content (AvgIpc) is 2.89. The minimum absolute atomic E-state index is 0.393. The van der Waals surface area contributed by atoms with Crippen molar-refractivity contribution in [2.75, 3.05) is 36.5 Å². The standard InChI is InChI=1S/C26H23F3N4O2/c27-26(28,29)18-3-1-2-17(14-18)22-15-31-23(16-34)24-21(22)8-9-30-25(24)32-19-4-6-20(7-5-19)33-10-12-35-13-11-33/h1-9,14-16,23,31H,10-13H2,(H,30,32). The van der Waals surface area contributed by atoms with Crippen LogP contribution in [0.5, 0.6) is 0 Å². The summed E-state index contributed by atoms with van der Waals surface area (Å²) in [5.41, 5.74) is 3.30. The lowest BCUT2D eigenvalue weighted by Gasteiger charge is -2.29. The monoisotopic (exact) mass is 480 g/mol. The molecule has 0 spiro atoms. The molecule has 0 saturated carbocycles. The lowest BCUT2D eigenvalue weighted by Crippen LogP contribution is -2.36. The van der Waals surface area contributed by atoms with Gasteiger partial charge >= 0.3 is 6.18 Å². The summed E-state index contributed by atoms with van der Waals surface area (Å²) >= 11 is 0. The Morgan fingerprint density at radius 1 is 1.09 bits per heavy atom. The van der Waals surface area contributed by atoms with Crippen LogP contribution in [0.25, 0.3) is 5.57 Å². The number of carbonyl (C=O) groups excluding carboxylic acids is 1. The molecule has 1 saturated heterocycles. The Morgan fingerprint density at radius 3 is 2.57 bits per heavy atom. The smallest absolute Gasteiger partial charge is 0.378 e. The highest BCUT2D eigenvalue weighted by Gasteiger charge is 2.32. The highest BCUT2D eigenvalue weighted by Crippen LogP contribution is 2.38. The van der Waals surface area contributed by atoms with Crippen LogP contribution in [-0.4, -0.2) is 37.6 Å².